The molecule has 2 aromatic rings. The normalized spacial score (nSPS) is 18.5. The summed E-state index contributed by atoms with van der Waals surface area (Å²) >= 11 is 0. The lowest BCUT2D eigenvalue weighted by atomic mass is 10.1. The molecule has 0 saturated carbocycles. The third-order valence-corrected chi connectivity index (χ3v) is 3.72. The number of hydrogen-bond donors (Lipinski definition) is 0. The van der Waals surface area contributed by atoms with E-state index in [9.17, 15) is 9.18 Å². The Labute approximate surface area is 128 Å². The molecule has 5 nitrogen and oxygen atoms in total. The maximum absolute atomic E-state index is 13.0. The third kappa shape index (κ3) is 3.33. The van der Waals surface area contributed by atoms with Crippen molar-refractivity contribution in [3.63, 3.8) is 0 Å². The van der Waals surface area contributed by atoms with E-state index in [1.54, 1.807) is 27.9 Å². The van der Waals surface area contributed by atoms with E-state index < -0.39 is 0 Å². The van der Waals surface area contributed by atoms with Gasteiger partial charge < -0.3 is 9.64 Å². The zero-order chi connectivity index (χ0) is 15.5. The molecule has 1 aromatic carbocycles. The first-order chi connectivity index (χ1) is 10.6. The van der Waals surface area contributed by atoms with Crippen molar-refractivity contribution in [2.75, 3.05) is 19.7 Å². The summed E-state index contributed by atoms with van der Waals surface area (Å²) in [7, 11) is 0. The van der Waals surface area contributed by atoms with Gasteiger partial charge in [0, 0.05) is 12.7 Å². The molecule has 1 aliphatic rings. The Morgan fingerprint density at radius 2 is 2.18 bits per heavy atom. The summed E-state index contributed by atoms with van der Waals surface area (Å²) in [5, 5.41) is 4.13. The quantitative estimate of drug-likeness (QED) is 0.870. The number of benzene rings is 1. The van der Waals surface area contributed by atoms with Crippen molar-refractivity contribution < 1.29 is 13.9 Å². The highest BCUT2D eigenvalue weighted by Gasteiger charge is 2.25. The van der Waals surface area contributed by atoms with E-state index >= 15 is 0 Å². The number of halogens is 1. The van der Waals surface area contributed by atoms with Gasteiger partial charge in [-0.3, -0.25) is 9.48 Å². The Balaban J connectivity index is 1.64. The predicted molar refractivity (Wildman–Crippen MR) is 78.6 cm³/mol. The first-order valence-corrected chi connectivity index (χ1v) is 7.26. The van der Waals surface area contributed by atoms with E-state index in [2.05, 4.69) is 5.10 Å². The van der Waals surface area contributed by atoms with E-state index in [0.29, 0.717) is 19.7 Å². The number of carbonyl (C=O) groups is 1. The molecule has 6 heteroatoms. The van der Waals surface area contributed by atoms with Crippen molar-refractivity contribution in [1.29, 1.82) is 0 Å². The standard InChI is InChI=1S/C16H18FN3O2/c1-12-8-18-20(9-12)11-16(21)19-6-7-22-15(10-19)13-2-4-14(17)5-3-13/h2-5,8-9,15H,6-7,10-11H2,1H3/t15-/m1/s1. The summed E-state index contributed by atoms with van der Waals surface area (Å²) in [6.45, 7) is 3.69. The van der Waals surface area contributed by atoms with E-state index in [0.717, 1.165) is 11.1 Å². The lowest BCUT2D eigenvalue weighted by Gasteiger charge is -2.33. The first kappa shape index (κ1) is 14.7. The van der Waals surface area contributed by atoms with Gasteiger partial charge in [-0.15, -0.1) is 0 Å². The van der Waals surface area contributed by atoms with Gasteiger partial charge in [0.25, 0.3) is 0 Å². The minimum atomic E-state index is -0.276. The van der Waals surface area contributed by atoms with Crippen LogP contribution >= 0.6 is 0 Å². The molecule has 22 heavy (non-hydrogen) atoms. The molecule has 0 N–H and O–H groups in total. The Hall–Kier alpha value is -2.21. The fourth-order valence-corrected chi connectivity index (χ4v) is 2.55. The number of morpholine rings is 1. The van der Waals surface area contributed by atoms with Crippen LogP contribution in [0.2, 0.25) is 0 Å². The van der Waals surface area contributed by atoms with E-state index in [-0.39, 0.29) is 24.4 Å². The second kappa shape index (κ2) is 6.27. The summed E-state index contributed by atoms with van der Waals surface area (Å²) in [5.74, 6) is -0.264. The molecule has 0 radical (unpaired) electrons. The molecule has 0 spiro atoms. The minimum absolute atomic E-state index is 0.0125. The van der Waals surface area contributed by atoms with Crippen LogP contribution in [0.3, 0.4) is 0 Å². The van der Waals surface area contributed by atoms with Gasteiger partial charge in [-0.2, -0.15) is 5.10 Å². The number of rotatable bonds is 3. The molecule has 116 valence electrons. The van der Waals surface area contributed by atoms with Crippen LogP contribution < -0.4 is 0 Å². The number of amides is 1. The van der Waals surface area contributed by atoms with Crippen LogP contribution in [-0.2, 0) is 16.1 Å². The Morgan fingerprint density at radius 1 is 1.41 bits per heavy atom. The summed E-state index contributed by atoms with van der Waals surface area (Å²) < 4.78 is 20.3. The predicted octanol–water partition coefficient (Wildman–Crippen LogP) is 1.93. The second-order valence-corrected chi connectivity index (χ2v) is 5.47. The van der Waals surface area contributed by atoms with Gasteiger partial charge in [-0.1, -0.05) is 12.1 Å². The molecule has 0 aliphatic carbocycles. The van der Waals surface area contributed by atoms with Crippen LogP contribution in [0, 0.1) is 12.7 Å². The van der Waals surface area contributed by atoms with Gasteiger partial charge in [0.2, 0.25) is 5.91 Å². The van der Waals surface area contributed by atoms with Crippen LogP contribution in [0.5, 0.6) is 0 Å². The molecule has 3 rings (SSSR count). The number of aryl methyl sites for hydroxylation is 1. The number of ether oxygens (including phenoxy) is 1. The van der Waals surface area contributed by atoms with Gasteiger partial charge >= 0.3 is 0 Å². The van der Waals surface area contributed by atoms with Crippen molar-refractivity contribution in [3.05, 3.63) is 53.6 Å². The van der Waals surface area contributed by atoms with Crippen LogP contribution in [0.15, 0.2) is 36.7 Å². The molecule has 1 aromatic heterocycles. The van der Waals surface area contributed by atoms with Crippen LogP contribution in [0.4, 0.5) is 4.39 Å². The Bertz CT molecular complexity index is 654. The maximum Gasteiger partial charge on any atom is 0.244 e. The van der Waals surface area contributed by atoms with Crippen molar-refractivity contribution in [1.82, 2.24) is 14.7 Å². The van der Waals surface area contributed by atoms with Crippen molar-refractivity contribution in [2.24, 2.45) is 0 Å². The molecule has 2 heterocycles. The van der Waals surface area contributed by atoms with Crippen molar-refractivity contribution >= 4 is 5.91 Å². The molecule has 0 unspecified atom stereocenters. The molecule has 1 atom stereocenters. The van der Waals surface area contributed by atoms with Gasteiger partial charge in [-0.25, -0.2) is 4.39 Å². The molecule has 0 bridgehead atoms. The second-order valence-electron chi connectivity index (χ2n) is 5.47. The van der Waals surface area contributed by atoms with Gasteiger partial charge in [0.15, 0.2) is 0 Å². The molecule has 1 amide bonds. The average molecular weight is 303 g/mol. The third-order valence-electron chi connectivity index (χ3n) is 3.72. The maximum atomic E-state index is 13.0. The molecule has 1 fully saturated rings. The van der Waals surface area contributed by atoms with Gasteiger partial charge in [-0.05, 0) is 30.2 Å². The zero-order valence-electron chi connectivity index (χ0n) is 12.4. The minimum Gasteiger partial charge on any atom is -0.370 e. The number of aromatic nitrogens is 2. The lowest BCUT2D eigenvalue weighted by Crippen LogP contribution is -2.43. The topological polar surface area (TPSA) is 47.4 Å². The fraction of sp³-hybridized carbons (Fsp3) is 0.375. The van der Waals surface area contributed by atoms with Crippen LogP contribution in [-0.4, -0.2) is 40.3 Å². The van der Waals surface area contributed by atoms with Crippen LogP contribution in [0.25, 0.3) is 0 Å². The molecular formula is C16H18FN3O2. The molecular weight excluding hydrogens is 285 g/mol. The average Bonchev–Trinajstić information content (AvgIpc) is 2.93. The molecule has 1 saturated heterocycles. The number of carbonyl (C=O) groups excluding carboxylic acids is 1. The van der Waals surface area contributed by atoms with E-state index in [1.165, 1.54) is 12.1 Å². The Kier molecular flexibility index (Phi) is 4.20. The molecule has 1 aliphatic heterocycles. The SMILES string of the molecule is Cc1cnn(CC(=O)N2CCO[C@@H](c3ccc(F)cc3)C2)c1. The smallest absolute Gasteiger partial charge is 0.244 e. The lowest BCUT2D eigenvalue weighted by molar-refractivity contribution is -0.139. The summed E-state index contributed by atoms with van der Waals surface area (Å²) in [6, 6.07) is 6.22. The summed E-state index contributed by atoms with van der Waals surface area (Å²) in [5.41, 5.74) is 1.91. The zero-order valence-corrected chi connectivity index (χ0v) is 12.4. The fourth-order valence-electron chi connectivity index (χ4n) is 2.55. The first-order valence-electron chi connectivity index (χ1n) is 7.26. The van der Waals surface area contributed by atoms with Crippen LogP contribution in [0.1, 0.15) is 17.2 Å². The number of nitrogens with zero attached hydrogens (tertiary/aromatic N) is 3. The van der Waals surface area contributed by atoms with Crippen molar-refractivity contribution in [2.45, 2.75) is 19.6 Å². The number of hydrogen-bond acceptors (Lipinski definition) is 3. The Morgan fingerprint density at radius 3 is 2.86 bits per heavy atom. The highest BCUT2D eigenvalue weighted by molar-refractivity contribution is 5.76. The summed E-state index contributed by atoms with van der Waals surface area (Å²) in [4.78, 5) is 14.1. The largest absolute Gasteiger partial charge is 0.370 e. The highest BCUT2D eigenvalue weighted by atomic mass is 19.1. The van der Waals surface area contributed by atoms with E-state index in [4.69, 9.17) is 4.74 Å². The van der Waals surface area contributed by atoms with Gasteiger partial charge in [0.1, 0.15) is 18.5 Å². The highest BCUT2D eigenvalue weighted by Crippen LogP contribution is 2.22. The monoisotopic (exact) mass is 303 g/mol. The van der Waals surface area contributed by atoms with Crippen molar-refractivity contribution in [3.8, 4) is 0 Å². The summed E-state index contributed by atoms with van der Waals surface area (Å²) in [6.07, 6.45) is 3.36. The van der Waals surface area contributed by atoms with E-state index in [1.807, 2.05) is 13.1 Å². The van der Waals surface area contributed by atoms with Gasteiger partial charge in [0.05, 0.1) is 19.3 Å².